The van der Waals surface area contributed by atoms with E-state index in [1.54, 1.807) is 24.3 Å². The van der Waals surface area contributed by atoms with E-state index in [2.05, 4.69) is 4.99 Å². The molecule has 4 nitrogen and oxygen atoms in total. The van der Waals surface area contributed by atoms with Crippen molar-refractivity contribution in [1.82, 2.24) is 0 Å². The van der Waals surface area contributed by atoms with E-state index in [0.29, 0.717) is 16.3 Å². The predicted octanol–water partition coefficient (Wildman–Crippen LogP) is 5.17. The number of hydrogen-bond acceptors (Lipinski definition) is 6. The lowest BCUT2D eigenvalue weighted by atomic mass is 10.2. The number of benzene rings is 2. The van der Waals surface area contributed by atoms with Crippen LogP contribution in [0.4, 0.5) is 0 Å². The molecule has 0 fully saturated rings. The molecule has 1 aliphatic rings. The minimum absolute atomic E-state index is 0.0965. The maximum Gasteiger partial charge on any atom is 0.308 e. The third-order valence-electron chi connectivity index (χ3n) is 3.32. The molecule has 2 aromatic carbocycles. The number of ether oxygens (including phenoxy) is 1. The topological polar surface area (TPSA) is 55.7 Å². The van der Waals surface area contributed by atoms with Gasteiger partial charge in [0.2, 0.25) is 5.12 Å². The molecule has 3 rings (SSSR count). The standard InChI is InChI=1S/C19H14ClNO3S2/c1-12(22)24-17-8-7-14(9-15(17)20)10-16-18(23)26-19(21-16)25-11-13-5-3-2-4-6-13/h2-10H,11H2,1H3. The molecule has 1 aliphatic heterocycles. The third-order valence-corrected chi connectivity index (χ3v) is 5.69. The molecular formula is C19H14ClNO3S2. The van der Waals surface area contributed by atoms with Crippen LogP contribution in [0.1, 0.15) is 18.1 Å². The van der Waals surface area contributed by atoms with Crippen molar-refractivity contribution >= 4 is 56.7 Å². The van der Waals surface area contributed by atoms with E-state index in [-0.39, 0.29) is 10.9 Å². The van der Waals surface area contributed by atoms with Crippen molar-refractivity contribution in [3.05, 3.63) is 70.4 Å². The van der Waals surface area contributed by atoms with Gasteiger partial charge in [-0.25, -0.2) is 4.99 Å². The van der Waals surface area contributed by atoms with Crippen LogP contribution in [0.5, 0.6) is 5.75 Å². The van der Waals surface area contributed by atoms with Crippen molar-refractivity contribution in [2.45, 2.75) is 12.7 Å². The SMILES string of the molecule is CC(=O)Oc1ccc(C=C2N=C(SCc3ccccc3)SC2=O)cc1Cl. The van der Waals surface area contributed by atoms with Crippen molar-refractivity contribution in [3.8, 4) is 5.75 Å². The van der Waals surface area contributed by atoms with Crippen LogP contribution in [-0.4, -0.2) is 15.5 Å². The van der Waals surface area contributed by atoms with Crippen LogP contribution in [0.2, 0.25) is 5.02 Å². The summed E-state index contributed by atoms with van der Waals surface area (Å²) in [5.74, 6) is 0.608. The van der Waals surface area contributed by atoms with Crippen LogP contribution in [-0.2, 0) is 15.3 Å². The van der Waals surface area contributed by atoms with E-state index in [1.807, 2.05) is 30.3 Å². The number of halogens is 1. The Balaban J connectivity index is 1.71. The van der Waals surface area contributed by atoms with Gasteiger partial charge in [0.25, 0.3) is 0 Å². The lowest BCUT2D eigenvalue weighted by molar-refractivity contribution is -0.131. The van der Waals surface area contributed by atoms with Gasteiger partial charge in [-0.2, -0.15) is 0 Å². The lowest BCUT2D eigenvalue weighted by Gasteiger charge is -2.04. The summed E-state index contributed by atoms with van der Waals surface area (Å²) in [6, 6.07) is 15.0. The van der Waals surface area contributed by atoms with Gasteiger partial charge in [0.1, 0.15) is 15.8 Å². The minimum Gasteiger partial charge on any atom is -0.425 e. The maximum absolute atomic E-state index is 12.2. The van der Waals surface area contributed by atoms with Gasteiger partial charge in [-0.05, 0) is 41.1 Å². The van der Waals surface area contributed by atoms with Gasteiger partial charge < -0.3 is 4.74 Å². The van der Waals surface area contributed by atoms with Crippen LogP contribution in [0.25, 0.3) is 6.08 Å². The number of carbonyl (C=O) groups is 2. The Labute approximate surface area is 164 Å². The van der Waals surface area contributed by atoms with Gasteiger partial charge in [0.15, 0.2) is 0 Å². The first kappa shape index (κ1) is 18.8. The summed E-state index contributed by atoms with van der Waals surface area (Å²) in [4.78, 5) is 27.6. The molecule has 0 spiro atoms. The van der Waals surface area contributed by atoms with E-state index in [9.17, 15) is 9.59 Å². The number of carbonyl (C=O) groups excluding carboxylic acids is 2. The summed E-state index contributed by atoms with van der Waals surface area (Å²) >= 11 is 8.77. The molecule has 1 heterocycles. The molecule has 0 bridgehead atoms. The van der Waals surface area contributed by atoms with Gasteiger partial charge in [0, 0.05) is 12.7 Å². The lowest BCUT2D eigenvalue weighted by Crippen LogP contribution is -2.01. The van der Waals surface area contributed by atoms with E-state index < -0.39 is 5.97 Å². The monoisotopic (exact) mass is 403 g/mol. The Kier molecular flexibility index (Phi) is 6.19. The van der Waals surface area contributed by atoms with Crippen molar-refractivity contribution in [1.29, 1.82) is 0 Å². The normalized spacial score (nSPS) is 15.2. The summed E-state index contributed by atoms with van der Waals surface area (Å²) in [7, 11) is 0. The van der Waals surface area contributed by atoms with Crippen molar-refractivity contribution in [2.24, 2.45) is 4.99 Å². The largest absolute Gasteiger partial charge is 0.425 e. The summed E-state index contributed by atoms with van der Waals surface area (Å²) in [5.41, 5.74) is 2.27. The van der Waals surface area contributed by atoms with Gasteiger partial charge in [-0.3, -0.25) is 9.59 Å². The third kappa shape index (κ3) is 5.00. The fraction of sp³-hybridized carbons (Fsp3) is 0.105. The highest BCUT2D eigenvalue weighted by Gasteiger charge is 2.22. The first-order valence-electron chi connectivity index (χ1n) is 7.68. The molecule has 0 atom stereocenters. The fourth-order valence-corrected chi connectivity index (χ4v) is 4.20. The molecule has 0 unspecified atom stereocenters. The zero-order valence-corrected chi connectivity index (χ0v) is 16.2. The van der Waals surface area contributed by atoms with Crippen LogP contribution < -0.4 is 4.74 Å². The Hall–Kier alpha value is -2.02. The van der Waals surface area contributed by atoms with E-state index in [1.165, 1.54) is 24.2 Å². The summed E-state index contributed by atoms with van der Waals surface area (Å²) in [6.45, 7) is 1.31. The average molecular weight is 404 g/mol. The first-order valence-corrected chi connectivity index (χ1v) is 9.86. The molecular weight excluding hydrogens is 390 g/mol. The molecule has 132 valence electrons. The van der Waals surface area contributed by atoms with Crippen molar-refractivity contribution in [2.75, 3.05) is 0 Å². The molecule has 0 saturated heterocycles. The predicted molar refractivity (Wildman–Crippen MR) is 109 cm³/mol. The average Bonchev–Trinajstić information content (AvgIpc) is 2.96. The zero-order chi connectivity index (χ0) is 18.5. The fourth-order valence-electron chi connectivity index (χ4n) is 2.17. The molecule has 0 amide bonds. The Morgan fingerprint density at radius 1 is 1.27 bits per heavy atom. The molecule has 26 heavy (non-hydrogen) atoms. The molecule has 2 aromatic rings. The molecule has 0 aliphatic carbocycles. The van der Waals surface area contributed by atoms with E-state index in [4.69, 9.17) is 16.3 Å². The Bertz CT molecular complexity index is 910. The van der Waals surface area contributed by atoms with Crippen LogP contribution in [0.15, 0.2) is 59.2 Å². The molecule has 0 aromatic heterocycles. The number of nitrogens with zero attached hydrogens (tertiary/aromatic N) is 1. The van der Waals surface area contributed by atoms with E-state index in [0.717, 1.165) is 21.9 Å². The smallest absolute Gasteiger partial charge is 0.308 e. The van der Waals surface area contributed by atoms with Gasteiger partial charge >= 0.3 is 5.97 Å². The number of hydrogen-bond donors (Lipinski definition) is 0. The van der Waals surface area contributed by atoms with Crippen molar-refractivity contribution in [3.63, 3.8) is 0 Å². The van der Waals surface area contributed by atoms with Gasteiger partial charge in [-0.1, -0.05) is 59.8 Å². The van der Waals surface area contributed by atoms with E-state index >= 15 is 0 Å². The highest BCUT2D eigenvalue weighted by molar-refractivity contribution is 8.45. The highest BCUT2D eigenvalue weighted by Crippen LogP contribution is 2.33. The summed E-state index contributed by atoms with van der Waals surface area (Å²) in [5, 5.41) is 0.205. The van der Waals surface area contributed by atoms with Crippen LogP contribution >= 0.6 is 35.1 Å². The summed E-state index contributed by atoms with van der Waals surface area (Å²) in [6.07, 6.45) is 1.68. The molecule has 0 N–H and O–H groups in total. The summed E-state index contributed by atoms with van der Waals surface area (Å²) < 4.78 is 5.72. The second kappa shape index (κ2) is 8.58. The number of aliphatic imine (C=N–C) groups is 1. The Morgan fingerprint density at radius 3 is 2.73 bits per heavy atom. The van der Waals surface area contributed by atoms with Gasteiger partial charge in [-0.15, -0.1) is 0 Å². The zero-order valence-electron chi connectivity index (χ0n) is 13.8. The molecule has 0 radical (unpaired) electrons. The quantitative estimate of drug-likeness (QED) is 0.400. The van der Waals surface area contributed by atoms with Crippen LogP contribution in [0, 0.1) is 0 Å². The molecule has 7 heteroatoms. The first-order chi connectivity index (χ1) is 12.5. The second-order valence-corrected chi connectivity index (χ2v) is 7.95. The highest BCUT2D eigenvalue weighted by atomic mass is 35.5. The van der Waals surface area contributed by atoms with Crippen molar-refractivity contribution < 1.29 is 14.3 Å². The number of rotatable bonds is 4. The van der Waals surface area contributed by atoms with Gasteiger partial charge in [0.05, 0.1) is 5.02 Å². The Morgan fingerprint density at radius 2 is 2.04 bits per heavy atom. The minimum atomic E-state index is -0.440. The number of esters is 1. The molecule has 0 saturated carbocycles. The second-order valence-electron chi connectivity index (χ2n) is 5.35. The maximum atomic E-state index is 12.2. The van der Waals surface area contributed by atoms with Crippen LogP contribution in [0.3, 0.4) is 0 Å². The number of thioether (sulfide) groups is 2.